The number of amides is 1. The fraction of sp³-hybridized carbons (Fsp3) is 0.348. The van der Waals surface area contributed by atoms with Crippen molar-refractivity contribution in [3.05, 3.63) is 59.2 Å². The molecule has 1 saturated carbocycles. The fourth-order valence-corrected chi connectivity index (χ4v) is 5.88. The van der Waals surface area contributed by atoms with Crippen molar-refractivity contribution >= 4 is 27.5 Å². The summed E-state index contributed by atoms with van der Waals surface area (Å²) < 4.78 is 31.0. The van der Waals surface area contributed by atoms with E-state index >= 15 is 0 Å². The highest BCUT2D eigenvalue weighted by atomic mass is 32.2. The number of hydrogen-bond acceptors (Lipinski definition) is 6. The van der Waals surface area contributed by atoms with Gasteiger partial charge < -0.3 is 10.1 Å². The van der Waals surface area contributed by atoms with Crippen molar-refractivity contribution in [1.29, 1.82) is 0 Å². The summed E-state index contributed by atoms with van der Waals surface area (Å²) in [7, 11) is -3.95. The van der Waals surface area contributed by atoms with E-state index in [4.69, 9.17) is 4.74 Å². The van der Waals surface area contributed by atoms with Crippen LogP contribution in [0, 0.1) is 5.92 Å². The van der Waals surface area contributed by atoms with Gasteiger partial charge in [0.25, 0.3) is 5.91 Å². The minimum absolute atomic E-state index is 0.0132. The van der Waals surface area contributed by atoms with Crippen LogP contribution in [-0.2, 0) is 19.4 Å². The molecule has 0 radical (unpaired) electrons. The van der Waals surface area contributed by atoms with Gasteiger partial charge in [-0.2, -0.15) is 0 Å². The molecule has 1 amide bonds. The largest absolute Gasteiger partial charge is 0.452 e. The van der Waals surface area contributed by atoms with Gasteiger partial charge in [-0.1, -0.05) is 31.9 Å². The first-order chi connectivity index (χ1) is 14.8. The van der Waals surface area contributed by atoms with Gasteiger partial charge in [-0.15, -0.1) is 0 Å². The topological polar surface area (TPSA) is 107 Å². The molecule has 0 bridgehead atoms. The summed E-state index contributed by atoms with van der Waals surface area (Å²) in [5.74, 6) is -1.25. The summed E-state index contributed by atoms with van der Waals surface area (Å²) in [6.45, 7) is 1.64. The Morgan fingerprint density at radius 3 is 2.52 bits per heavy atom. The molecular weight excluding hydrogens is 418 g/mol. The maximum atomic E-state index is 13.0. The fourth-order valence-electron chi connectivity index (χ4n) is 4.20. The Morgan fingerprint density at radius 2 is 1.74 bits per heavy atom. The van der Waals surface area contributed by atoms with E-state index in [9.17, 15) is 22.8 Å². The molecule has 2 aromatic rings. The van der Waals surface area contributed by atoms with Crippen LogP contribution < -0.4 is 5.32 Å². The van der Waals surface area contributed by atoms with E-state index in [0.717, 1.165) is 31.7 Å². The molecule has 2 aliphatic rings. The molecule has 2 atom stereocenters. The van der Waals surface area contributed by atoms with Crippen LogP contribution in [0.15, 0.2) is 52.3 Å². The summed E-state index contributed by atoms with van der Waals surface area (Å²) in [5.41, 5.74) is 0.0894. The second-order valence-corrected chi connectivity index (χ2v) is 9.94. The first-order valence-electron chi connectivity index (χ1n) is 10.3. The zero-order valence-corrected chi connectivity index (χ0v) is 17.9. The van der Waals surface area contributed by atoms with Crippen LogP contribution in [0.5, 0.6) is 0 Å². The number of esters is 1. The van der Waals surface area contributed by atoms with Gasteiger partial charge in [-0.05, 0) is 49.1 Å². The molecule has 7 nitrogen and oxygen atoms in total. The second-order valence-electron chi connectivity index (χ2n) is 8.05. The number of carbonyl (C=O) groups excluding carboxylic acids is 3. The molecule has 1 N–H and O–H groups in total. The highest BCUT2D eigenvalue weighted by molar-refractivity contribution is 7.91. The molecule has 162 valence electrons. The van der Waals surface area contributed by atoms with Crippen molar-refractivity contribution in [2.75, 3.05) is 6.61 Å². The minimum atomic E-state index is -3.95. The molecule has 1 aliphatic heterocycles. The molecule has 4 rings (SSSR count). The lowest BCUT2D eigenvalue weighted by atomic mass is 9.86. The van der Waals surface area contributed by atoms with Crippen molar-refractivity contribution in [2.24, 2.45) is 5.92 Å². The van der Waals surface area contributed by atoms with E-state index in [2.05, 4.69) is 12.2 Å². The smallest absolute Gasteiger partial charge is 0.338 e. The number of ketones is 1. The first kappa shape index (κ1) is 21.2. The van der Waals surface area contributed by atoms with E-state index in [0.29, 0.717) is 5.92 Å². The highest BCUT2D eigenvalue weighted by Gasteiger charge is 2.35. The molecule has 0 spiro atoms. The van der Waals surface area contributed by atoms with Crippen molar-refractivity contribution in [3.63, 3.8) is 0 Å². The second kappa shape index (κ2) is 8.26. The molecule has 0 aromatic heterocycles. The van der Waals surface area contributed by atoms with Crippen LogP contribution in [0.4, 0.5) is 0 Å². The standard InChI is InChI=1S/C23H23NO6S/c1-14-6-2-4-8-18(14)24-21(25)13-30-23(27)15-10-11-17-20(12-15)31(28,29)19-9-5-3-7-16(19)22(17)26/h3,5,7,9-12,14,18H,2,4,6,8,13H2,1H3,(H,24,25)/t14-,18+/m1/s1. The molecule has 0 unspecified atom stereocenters. The Kier molecular flexibility index (Phi) is 5.66. The quantitative estimate of drug-likeness (QED) is 0.624. The van der Waals surface area contributed by atoms with Crippen LogP contribution >= 0.6 is 0 Å². The van der Waals surface area contributed by atoms with Gasteiger partial charge in [0, 0.05) is 17.2 Å². The molecule has 0 saturated heterocycles. The van der Waals surface area contributed by atoms with Crippen LogP contribution in [-0.4, -0.2) is 38.7 Å². The first-order valence-corrected chi connectivity index (χ1v) is 11.8. The Balaban J connectivity index is 1.49. The van der Waals surface area contributed by atoms with E-state index < -0.39 is 28.2 Å². The summed E-state index contributed by atoms with van der Waals surface area (Å²) in [6.07, 6.45) is 4.16. The van der Waals surface area contributed by atoms with Crippen molar-refractivity contribution in [2.45, 2.75) is 48.4 Å². The third-order valence-electron chi connectivity index (χ3n) is 5.96. The van der Waals surface area contributed by atoms with Crippen molar-refractivity contribution in [3.8, 4) is 0 Å². The van der Waals surface area contributed by atoms with Gasteiger partial charge in [0.05, 0.1) is 15.4 Å². The third kappa shape index (κ3) is 3.99. The van der Waals surface area contributed by atoms with Gasteiger partial charge in [-0.3, -0.25) is 9.59 Å². The predicted octanol–water partition coefficient (Wildman–Crippen LogP) is 2.92. The summed E-state index contributed by atoms with van der Waals surface area (Å²) in [6, 6.07) is 9.83. The number of rotatable bonds is 4. The zero-order chi connectivity index (χ0) is 22.2. The third-order valence-corrected chi connectivity index (χ3v) is 7.82. The normalized spacial score (nSPS) is 21.5. The SMILES string of the molecule is C[C@@H]1CCCC[C@@H]1NC(=O)COC(=O)c1ccc2c(c1)S(=O)(=O)c1ccccc1C2=O. The number of sulfone groups is 1. The average molecular weight is 442 g/mol. The van der Waals surface area contributed by atoms with Crippen LogP contribution in [0.2, 0.25) is 0 Å². The number of nitrogens with one attached hydrogen (secondary N) is 1. The van der Waals surface area contributed by atoms with Gasteiger partial charge in [-0.25, -0.2) is 13.2 Å². The van der Waals surface area contributed by atoms with Gasteiger partial charge >= 0.3 is 5.97 Å². The molecule has 2 aromatic carbocycles. The Hall–Kier alpha value is -3.00. The lowest BCUT2D eigenvalue weighted by Gasteiger charge is -2.29. The van der Waals surface area contributed by atoms with Crippen molar-refractivity contribution < 1.29 is 27.5 Å². The lowest BCUT2D eigenvalue weighted by molar-refractivity contribution is -0.125. The van der Waals surface area contributed by atoms with Crippen LogP contribution in [0.25, 0.3) is 0 Å². The Morgan fingerprint density at radius 1 is 1.03 bits per heavy atom. The number of carbonyl (C=O) groups is 3. The van der Waals surface area contributed by atoms with Crippen molar-refractivity contribution in [1.82, 2.24) is 5.32 Å². The zero-order valence-electron chi connectivity index (χ0n) is 17.1. The summed E-state index contributed by atoms with van der Waals surface area (Å²) in [4.78, 5) is 37.0. The lowest BCUT2D eigenvalue weighted by Crippen LogP contribution is -2.42. The number of fused-ring (bicyclic) bond motifs is 2. The number of ether oxygens (including phenoxy) is 1. The number of benzene rings is 2. The monoisotopic (exact) mass is 441 g/mol. The van der Waals surface area contributed by atoms with Crippen LogP contribution in [0.1, 0.15) is 58.9 Å². The van der Waals surface area contributed by atoms with Gasteiger partial charge in [0.2, 0.25) is 9.84 Å². The van der Waals surface area contributed by atoms with Gasteiger partial charge in [0.15, 0.2) is 12.4 Å². The minimum Gasteiger partial charge on any atom is -0.452 e. The van der Waals surface area contributed by atoms with Gasteiger partial charge in [0.1, 0.15) is 0 Å². The van der Waals surface area contributed by atoms with E-state index in [-0.39, 0.29) is 38.4 Å². The molecule has 31 heavy (non-hydrogen) atoms. The average Bonchev–Trinajstić information content (AvgIpc) is 2.77. The maximum absolute atomic E-state index is 13.0. The van der Waals surface area contributed by atoms with E-state index in [1.807, 2.05) is 0 Å². The summed E-state index contributed by atoms with van der Waals surface area (Å²) in [5, 5.41) is 2.90. The molecular formula is C23H23NO6S. The summed E-state index contributed by atoms with van der Waals surface area (Å²) >= 11 is 0. The number of hydrogen-bond donors (Lipinski definition) is 1. The molecule has 1 aliphatic carbocycles. The molecule has 1 heterocycles. The maximum Gasteiger partial charge on any atom is 0.338 e. The highest BCUT2D eigenvalue weighted by Crippen LogP contribution is 2.34. The Labute approximate surface area is 180 Å². The molecule has 1 fully saturated rings. The van der Waals surface area contributed by atoms with E-state index in [1.54, 1.807) is 12.1 Å². The van der Waals surface area contributed by atoms with E-state index in [1.165, 1.54) is 24.3 Å². The molecule has 8 heteroatoms. The predicted molar refractivity (Wildman–Crippen MR) is 112 cm³/mol. The van der Waals surface area contributed by atoms with Crippen LogP contribution in [0.3, 0.4) is 0 Å². The Bertz CT molecular complexity index is 1170.